The molecule has 1 N–H and O–H groups in total. The van der Waals surface area contributed by atoms with Crippen LogP contribution >= 0.6 is 11.6 Å². The SMILES string of the molecule is CCCCCCCCCCCCOc1ccc(CC(=O)NC(CC)[n+]2ccccc2)c(Cl)c1.[I-]. The summed E-state index contributed by atoms with van der Waals surface area (Å²) in [6, 6.07) is 11.5. The number of pyridine rings is 1. The molecule has 2 aromatic rings. The molecule has 0 aliphatic rings. The van der Waals surface area contributed by atoms with Crippen molar-refractivity contribution in [3.63, 3.8) is 0 Å². The van der Waals surface area contributed by atoms with Gasteiger partial charge in [0, 0.05) is 23.6 Å². The molecule has 190 valence electrons. The Hall–Kier alpha value is -1.34. The maximum Gasteiger partial charge on any atom is 0.233 e. The van der Waals surface area contributed by atoms with E-state index in [0.717, 1.165) is 24.2 Å². The smallest absolute Gasteiger partial charge is 0.233 e. The highest BCUT2D eigenvalue weighted by Gasteiger charge is 2.19. The number of rotatable bonds is 17. The third kappa shape index (κ3) is 12.4. The molecule has 0 fully saturated rings. The summed E-state index contributed by atoms with van der Waals surface area (Å²) in [5.74, 6) is 0.727. The molecular weight excluding hydrogens is 559 g/mol. The van der Waals surface area contributed by atoms with E-state index in [9.17, 15) is 4.79 Å². The van der Waals surface area contributed by atoms with Crippen LogP contribution in [0.4, 0.5) is 0 Å². The number of benzene rings is 1. The Bertz CT molecular complexity index is 804. The van der Waals surface area contributed by atoms with Crippen LogP contribution in [0.25, 0.3) is 0 Å². The zero-order valence-corrected chi connectivity index (χ0v) is 23.8. The number of halogens is 2. The largest absolute Gasteiger partial charge is 1.00 e. The van der Waals surface area contributed by atoms with Crippen LogP contribution in [0.15, 0.2) is 48.8 Å². The van der Waals surface area contributed by atoms with Crippen molar-refractivity contribution >= 4 is 17.5 Å². The van der Waals surface area contributed by atoms with Crippen LogP contribution in [0.5, 0.6) is 5.75 Å². The number of hydrogen-bond acceptors (Lipinski definition) is 2. The lowest BCUT2D eigenvalue weighted by atomic mass is 10.1. The quantitative estimate of drug-likeness (QED) is 0.168. The van der Waals surface area contributed by atoms with Crippen molar-refractivity contribution in [3.05, 3.63) is 59.4 Å². The van der Waals surface area contributed by atoms with Crippen LogP contribution in [-0.2, 0) is 11.2 Å². The lowest BCUT2D eigenvalue weighted by Crippen LogP contribution is -3.00. The zero-order valence-electron chi connectivity index (χ0n) is 20.9. The summed E-state index contributed by atoms with van der Waals surface area (Å²) >= 11 is 6.44. The van der Waals surface area contributed by atoms with E-state index < -0.39 is 0 Å². The van der Waals surface area contributed by atoms with Gasteiger partial charge in [-0.1, -0.05) is 95.4 Å². The number of carbonyl (C=O) groups excluding carboxylic acids is 1. The second-order valence-electron chi connectivity index (χ2n) is 8.77. The maximum atomic E-state index is 12.6. The number of aromatic nitrogens is 1. The highest BCUT2D eigenvalue weighted by molar-refractivity contribution is 6.31. The summed E-state index contributed by atoms with van der Waals surface area (Å²) in [6.45, 7) is 5.02. The van der Waals surface area contributed by atoms with E-state index in [2.05, 4.69) is 19.2 Å². The minimum Gasteiger partial charge on any atom is -1.00 e. The topological polar surface area (TPSA) is 42.2 Å². The second kappa shape index (κ2) is 18.9. The Morgan fingerprint density at radius 1 is 0.941 bits per heavy atom. The third-order valence-corrected chi connectivity index (χ3v) is 6.31. The molecule has 2 rings (SSSR count). The van der Waals surface area contributed by atoms with Crippen molar-refractivity contribution in [2.45, 2.75) is 97.1 Å². The Morgan fingerprint density at radius 3 is 2.15 bits per heavy atom. The molecule has 0 saturated heterocycles. The monoisotopic (exact) mass is 600 g/mol. The molecule has 1 aromatic heterocycles. The summed E-state index contributed by atoms with van der Waals surface area (Å²) in [6.07, 6.45) is 18.0. The van der Waals surface area contributed by atoms with Crippen LogP contribution in [0.2, 0.25) is 5.02 Å². The highest BCUT2D eigenvalue weighted by Crippen LogP contribution is 2.23. The highest BCUT2D eigenvalue weighted by atomic mass is 127. The van der Waals surface area contributed by atoms with Crippen molar-refractivity contribution < 1.29 is 38.1 Å². The molecule has 4 nitrogen and oxygen atoms in total. The second-order valence-corrected chi connectivity index (χ2v) is 9.18. The maximum absolute atomic E-state index is 12.6. The first kappa shape index (κ1) is 30.7. The Labute approximate surface area is 228 Å². The van der Waals surface area contributed by atoms with Gasteiger partial charge in [-0.05, 0) is 24.1 Å². The van der Waals surface area contributed by atoms with Gasteiger partial charge in [0.05, 0.1) is 13.0 Å². The standard InChI is InChI=1S/C28H41ClN2O2.HI/c1-3-5-6-7-8-9-10-11-12-16-21-33-25-18-17-24(26(29)23-25)22-28(32)30-27(4-2)31-19-14-13-15-20-31;/h13-15,17-20,23,27H,3-12,16,21-22H2,1-2H3;1H. The van der Waals surface area contributed by atoms with Crippen LogP contribution in [0, 0.1) is 0 Å². The first-order valence-corrected chi connectivity index (χ1v) is 13.2. The van der Waals surface area contributed by atoms with Gasteiger partial charge < -0.3 is 28.7 Å². The molecule has 0 aliphatic heterocycles. The number of carbonyl (C=O) groups is 1. The van der Waals surface area contributed by atoms with Gasteiger partial charge in [-0.2, -0.15) is 4.57 Å². The van der Waals surface area contributed by atoms with Gasteiger partial charge in [0.1, 0.15) is 5.75 Å². The van der Waals surface area contributed by atoms with Gasteiger partial charge in [0.25, 0.3) is 0 Å². The van der Waals surface area contributed by atoms with E-state index in [4.69, 9.17) is 16.3 Å². The Kier molecular flexibility index (Phi) is 17.1. The van der Waals surface area contributed by atoms with Gasteiger partial charge >= 0.3 is 0 Å². The van der Waals surface area contributed by atoms with Gasteiger partial charge in [-0.25, -0.2) is 0 Å². The molecular formula is C28H42ClIN2O2. The van der Waals surface area contributed by atoms with Crippen molar-refractivity contribution in [1.82, 2.24) is 5.32 Å². The van der Waals surface area contributed by atoms with Gasteiger partial charge in [-0.3, -0.25) is 10.1 Å². The summed E-state index contributed by atoms with van der Waals surface area (Å²) < 4.78 is 7.87. The first-order chi connectivity index (χ1) is 16.1. The minimum absolute atomic E-state index is 0. The summed E-state index contributed by atoms with van der Waals surface area (Å²) in [7, 11) is 0. The van der Waals surface area contributed by atoms with Crippen molar-refractivity contribution in [1.29, 1.82) is 0 Å². The van der Waals surface area contributed by atoms with Gasteiger partial charge in [0.2, 0.25) is 12.1 Å². The zero-order chi connectivity index (χ0) is 23.7. The lowest BCUT2D eigenvalue weighted by molar-refractivity contribution is -0.727. The molecule has 1 heterocycles. The molecule has 0 bridgehead atoms. The van der Waals surface area contributed by atoms with Crippen molar-refractivity contribution in [2.24, 2.45) is 0 Å². The first-order valence-electron chi connectivity index (χ1n) is 12.8. The normalized spacial score (nSPS) is 11.5. The average Bonchev–Trinajstić information content (AvgIpc) is 2.83. The minimum atomic E-state index is -0.0684. The van der Waals surface area contributed by atoms with Crippen LogP contribution < -0.4 is 38.6 Å². The fraction of sp³-hybridized carbons (Fsp3) is 0.571. The van der Waals surface area contributed by atoms with Gasteiger partial charge in [0.15, 0.2) is 12.4 Å². The average molecular weight is 601 g/mol. The third-order valence-electron chi connectivity index (χ3n) is 5.95. The number of hydrogen-bond donors (Lipinski definition) is 1. The fourth-order valence-corrected chi connectivity index (χ4v) is 4.20. The Balaban J connectivity index is 0.00000578. The van der Waals surface area contributed by atoms with E-state index in [1.807, 2.05) is 53.4 Å². The predicted octanol–water partition coefficient (Wildman–Crippen LogP) is 4.20. The van der Waals surface area contributed by atoms with Crippen LogP contribution in [0.1, 0.15) is 96.2 Å². The summed E-state index contributed by atoms with van der Waals surface area (Å²) in [4.78, 5) is 12.6. The molecule has 1 unspecified atom stereocenters. The van der Waals surface area contributed by atoms with Crippen molar-refractivity contribution in [3.8, 4) is 5.75 Å². The number of ether oxygens (including phenoxy) is 1. The molecule has 0 radical (unpaired) electrons. The fourth-order valence-electron chi connectivity index (χ4n) is 3.96. The van der Waals surface area contributed by atoms with E-state index in [0.29, 0.717) is 11.6 Å². The number of nitrogens with one attached hydrogen (secondary N) is 1. The van der Waals surface area contributed by atoms with Crippen LogP contribution in [-0.4, -0.2) is 12.5 Å². The molecule has 1 aromatic carbocycles. The molecule has 0 saturated carbocycles. The predicted molar refractivity (Wildman–Crippen MR) is 137 cm³/mol. The van der Waals surface area contributed by atoms with E-state index in [-0.39, 0.29) is 42.5 Å². The van der Waals surface area contributed by atoms with E-state index >= 15 is 0 Å². The molecule has 34 heavy (non-hydrogen) atoms. The molecule has 6 heteroatoms. The lowest BCUT2D eigenvalue weighted by Gasteiger charge is -2.13. The Morgan fingerprint density at radius 2 is 1.56 bits per heavy atom. The van der Waals surface area contributed by atoms with Gasteiger partial charge in [-0.15, -0.1) is 0 Å². The van der Waals surface area contributed by atoms with Crippen molar-refractivity contribution in [2.75, 3.05) is 6.61 Å². The summed E-state index contributed by atoms with van der Waals surface area (Å²) in [5, 5.41) is 3.66. The number of nitrogens with zero attached hydrogens (tertiary/aromatic N) is 1. The molecule has 1 amide bonds. The van der Waals surface area contributed by atoms with E-state index in [1.165, 1.54) is 57.8 Å². The summed E-state index contributed by atoms with van der Waals surface area (Å²) in [5.41, 5.74) is 0.813. The number of amides is 1. The molecule has 0 aliphatic carbocycles. The van der Waals surface area contributed by atoms with Crippen LogP contribution in [0.3, 0.4) is 0 Å². The number of unbranched alkanes of at least 4 members (excludes halogenated alkanes) is 9. The molecule has 1 atom stereocenters. The molecule has 0 spiro atoms. The van der Waals surface area contributed by atoms with E-state index in [1.54, 1.807) is 0 Å².